The lowest BCUT2D eigenvalue weighted by Crippen LogP contribution is -2.46. The van der Waals surface area contributed by atoms with Crippen LogP contribution in [-0.4, -0.2) is 76.6 Å². The van der Waals surface area contributed by atoms with E-state index in [0.717, 1.165) is 41.8 Å². The van der Waals surface area contributed by atoms with E-state index in [4.69, 9.17) is 15.5 Å². The Balaban J connectivity index is 1.48. The summed E-state index contributed by atoms with van der Waals surface area (Å²) < 4.78 is 34.6. The molecule has 3 aliphatic rings. The minimum Gasteiger partial charge on any atom is -0.375 e. The van der Waals surface area contributed by atoms with Crippen molar-refractivity contribution in [1.29, 1.82) is 0 Å². The number of aromatic nitrogens is 4. The highest BCUT2D eigenvalue weighted by molar-refractivity contribution is 7.90. The second-order valence-corrected chi connectivity index (χ2v) is 13.5. The number of hydrogen-bond acceptors (Lipinski definition) is 7. The molecule has 1 saturated carbocycles. The smallest absolute Gasteiger partial charge is 0.250 e. The third kappa shape index (κ3) is 5.27. The second-order valence-electron chi connectivity index (χ2n) is 11.2. The zero-order valence-electron chi connectivity index (χ0n) is 22.5. The van der Waals surface area contributed by atoms with E-state index in [2.05, 4.69) is 15.6 Å². The van der Waals surface area contributed by atoms with E-state index in [9.17, 15) is 13.2 Å². The van der Waals surface area contributed by atoms with Crippen molar-refractivity contribution in [2.45, 2.75) is 57.3 Å². The second kappa shape index (κ2) is 10.2. The lowest BCUT2D eigenvalue weighted by molar-refractivity contribution is -0.128. The van der Waals surface area contributed by atoms with Crippen molar-refractivity contribution >= 4 is 32.9 Å². The number of nitrogens with two attached hydrogens (primary N) is 1. The number of nitrogens with zero attached hydrogens (tertiary/aromatic N) is 5. The minimum atomic E-state index is -3.23. The lowest BCUT2D eigenvalue weighted by atomic mass is 9.95. The maximum absolute atomic E-state index is 13.5. The predicted octanol–water partition coefficient (Wildman–Crippen LogP) is 2.78. The summed E-state index contributed by atoms with van der Waals surface area (Å²) in [5.41, 5.74) is 10.0. The summed E-state index contributed by atoms with van der Waals surface area (Å²) >= 11 is 0. The molecular formula is C28H36N6O4S. The Labute approximate surface area is 228 Å². The normalized spacial score (nSPS) is 21.7. The summed E-state index contributed by atoms with van der Waals surface area (Å²) in [6.45, 7) is 2.31. The molecule has 0 spiro atoms. The first-order chi connectivity index (χ1) is 18.7. The molecular weight excluding hydrogens is 516 g/mol. The first-order valence-corrected chi connectivity index (χ1v) is 15.8. The van der Waals surface area contributed by atoms with Crippen LogP contribution in [0.5, 0.6) is 0 Å². The third-order valence-electron chi connectivity index (χ3n) is 8.07. The van der Waals surface area contributed by atoms with E-state index in [1.165, 1.54) is 19.1 Å². The average Bonchev–Trinajstić information content (AvgIpc) is 3.55. The zero-order chi connectivity index (χ0) is 27.3. The molecule has 6 rings (SSSR count). The molecule has 11 heteroatoms. The molecule has 2 fully saturated rings. The molecule has 1 unspecified atom stereocenters. The van der Waals surface area contributed by atoms with E-state index in [1.807, 2.05) is 27.7 Å². The van der Waals surface area contributed by atoms with Gasteiger partial charge >= 0.3 is 0 Å². The van der Waals surface area contributed by atoms with Gasteiger partial charge in [0.05, 0.1) is 22.8 Å². The van der Waals surface area contributed by atoms with Crippen LogP contribution in [0.4, 0.5) is 0 Å². The van der Waals surface area contributed by atoms with Crippen molar-refractivity contribution in [1.82, 2.24) is 24.0 Å². The van der Waals surface area contributed by atoms with E-state index in [-0.39, 0.29) is 24.2 Å². The van der Waals surface area contributed by atoms with Crippen LogP contribution in [0.1, 0.15) is 49.6 Å². The molecule has 208 valence electrons. The first-order valence-electron chi connectivity index (χ1n) is 13.7. The molecule has 39 heavy (non-hydrogen) atoms. The SMILES string of the molecule is COC1CC(C(=O)N2CCC[C@@H](N)C2)=Cc2nc(-c3cc4cccnc4n3CC3CC3)n(CCS(C)(=O)=O)c21. The number of amides is 1. The Hall–Kier alpha value is -3.02. The molecule has 3 aromatic rings. The van der Waals surface area contributed by atoms with Crippen LogP contribution in [0.3, 0.4) is 0 Å². The first kappa shape index (κ1) is 26.2. The van der Waals surface area contributed by atoms with Gasteiger partial charge in [-0.2, -0.15) is 0 Å². The molecule has 2 N–H and O–H groups in total. The third-order valence-corrected chi connectivity index (χ3v) is 8.99. The molecule has 4 heterocycles. The van der Waals surface area contributed by atoms with Gasteiger partial charge < -0.3 is 24.5 Å². The number of pyridine rings is 1. The highest BCUT2D eigenvalue weighted by Crippen LogP contribution is 2.40. The number of fused-ring (bicyclic) bond motifs is 2. The Morgan fingerprint density at radius 3 is 2.77 bits per heavy atom. The van der Waals surface area contributed by atoms with Gasteiger partial charge in [-0.1, -0.05) is 0 Å². The fraction of sp³-hybridized carbons (Fsp3) is 0.536. The minimum absolute atomic E-state index is 0.00975. The Morgan fingerprint density at radius 1 is 1.23 bits per heavy atom. The van der Waals surface area contributed by atoms with Crippen LogP contribution in [0.25, 0.3) is 28.6 Å². The van der Waals surface area contributed by atoms with Crippen molar-refractivity contribution in [3.05, 3.63) is 41.4 Å². The van der Waals surface area contributed by atoms with Gasteiger partial charge in [0.2, 0.25) is 5.91 Å². The number of methoxy groups -OCH3 is 1. The standard InChI is InChI=1S/C28H36N6O4S/c1-38-24-15-20(28(35)32-10-4-6-21(29)17-32)13-22-25(24)33(11-12-39(2,36)37)27(31-22)23-14-19-5-3-9-30-26(19)34(23)16-18-7-8-18/h3,5,9,13-14,18,21,24H,4,6-8,10-12,15-17,29H2,1-2H3/t21-,24?/m1/s1. The summed E-state index contributed by atoms with van der Waals surface area (Å²) in [6, 6.07) is 6.03. The number of imidazole rings is 1. The molecule has 3 aromatic heterocycles. The maximum atomic E-state index is 13.5. The number of rotatable bonds is 8. The number of carbonyl (C=O) groups is 1. The van der Waals surface area contributed by atoms with E-state index in [1.54, 1.807) is 13.3 Å². The van der Waals surface area contributed by atoms with Gasteiger partial charge in [-0.15, -0.1) is 0 Å². The molecule has 10 nitrogen and oxygen atoms in total. The average molecular weight is 553 g/mol. The molecule has 2 aliphatic carbocycles. The Morgan fingerprint density at radius 2 is 2.05 bits per heavy atom. The fourth-order valence-corrected chi connectivity index (χ4v) is 6.40. The summed E-state index contributed by atoms with van der Waals surface area (Å²) in [4.78, 5) is 25.1. The van der Waals surface area contributed by atoms with Crippen molar-refractivity contribution in [3.63, 3.8) is 0 Å². The fourth-order valence-electron chi connectivity index (χ4n) is 5.89. The summed E-state index contributed by atoms with van der Waals surface area (Å²) in [6.07, 6.45) is 9.06. The van der Waals surface area contributed by atoms with Crippen molar-refractivity contribution in [3.8, 4) is 11.5 Å². The largest absolute Gasteiger partial charge is 0.375 e. The number of piperidine rings is 1. The van der Waals surface area contributed by atoms with Gasteiger partial charge in [0.15, 0.2) is 5.82 Å². The number of likely N-dealkylation sites (tertiary alicyclic amines) is 1. The molecule has 1 aliphatic heterocycles. The maximum Gasteiger partial charge on any atom is 0.250 e. The predicted molar refractivity (Wildman–Crippen MR) is 150 cm³/mol. The van der Waals surface area contributed by atoms with Crippen LogP contribution in [0.15, 0.2) is 30.0 Å². The van der Waals surface area contributed by atoms with Gasteiger partial charge in [-0.25, -0.2) is 18.4 Å². The molecule has 0 radical (unpaired) electrons. The quantitative estimate of drug-likeness (QED) is 0.456. The molecule has 0 bridgehead atoms. The molecule has 0 aromatic carbocycles. The van der Waals surface area contributed by atoms with Crippen molar-refractivity contribution in [2.24, 2.45) is 11.7 Å². The number of ether oxygens (including phenoxy) is 1. The number of hydrogen-bond donors (Lipinski definition) is 1. The lowest BCUT2D eigenvalue weighted by Gasteiger charge is -2.33. The van der Waals surface area contributed by atoms with Crippen LogP contribution in [0, 0.1) is 5.92 Å². The Bertz CT molecular complexity index is 1550. The highest BCUT2D eigenvalue weighted by Gasteiger charge is 2.35. The zero-order valence-corrected chi connectivity index (χ0v) is 23.4. The highest BCUT2D eigenvalue weighted by atomic mass is 32.2. The van der Waals surface area contributed by atoms with Gasteiger partial charge in [0, 0.05) is 69.2 Å². The van der Waals surface area contributed by atoms with Gasteiger partial charge in [0.25, 0.3) is 0 Å². The van der Waals surface area contributed by atoms with E-state index >= 15 is 0 Å². The number of carbonyl (C=O) groups excluding carboxylic acids is 1. The number of sulfone groups is 1. The summed E-state index contributed by atoms with van der Waals surface area (Å²) in [5, 5.41) is 1.01. The topological polar surface area (TPSA) is 125 Å². The molecule has 1 saturated heterocycles. The van der Waals surface area contributed by atoms with Gasteiger partial charge in [-0.05, 0) is 55.9 Å². The van der Waals surface area contributed by atoms with E-state index in [0.29, 0.717) is 42.5 Å². The Kier molecular flexibility index (Phi) is 6.84. The van der Waals surface area contributed by atoms with Crippen LogP contribution in [-0.2, 0) is 32.5 Å². The van der Waals surface area contributed by atoms with Crippen molar-refractivity contribution < 1.29 is 17.9 Å². The molecule has 2 atom stereocenters. The summed E-state index contributed by atoms with van der Waals surface area (Å²) in [5.74, 6) is 1.22. The van der Waals surface area contributed by atoms with Crippen LogP contribution >= 0.6 is 0 Å². The molecule has 1 amide bonds. The van der Waals surface area contributed by atoms with E-state index < -0.39 is 15.9 Å². The van der Waals surface area contributed by atoms with Crippen molar-refractivity contribution in [2.75, 3.05) is 32.2 Å². The monoisotopic (exact) mass is 552 g/mol. The van der Waals surface area contributed by atoms with Gasteiger partial charge in [-0.3, -0.25) is 4.79 Å². The summed E-state index contributed by atoms with van der Waals surface area (Å²) in [7, 11) is -1.61. The van der Waals surface area contributed by atoms with Crippen LogP contribution < -0.4 is 5.73 Å². The van der Waals surface area contributed by atoms with Gasteiger partial charge in [0.1, 0.15) is 21.6 Å². The van der Waals surface area contributed by atoms with Crippen LogP contribution in [0.2, 0.25) is 0 Å².